The van der Waals surface area contributed by atoms with Gasteiger partial charge in [-0.25, -0.2) is 14.8 Å². The zero-order chi connectivity index (χ0) is 26.3. The summed E-state index contributed by atoms with van der Waals surface area (Å²) in [4.78, 5) is 38.6. The summed E-state index contributed by atoms with van der Waals surface area (Å²) in [5.74, 6) is 2.69. The summed E-state index contributed by atoms with van der Waals surface area (Å²) < 4.78 is 7.47. The van der Waals surface area contributed by atoms with Crippen LogP contribution in [0.1, 0.15) is 67.1 Å². The number of carbonyl (C=O) groups excluding carboxylic acids is 2. The molecule has 11 nitrogen and oxygen atoms in total. The van der Waals surface area contributed by atoms with Crippen molar-refractivity contribution in [3.8, 4) is 11.5 Å². The molecule has 3 aromatic heterocycles. The Bertz CT molecular complexity index is 1350. The molecule has 1 N–H and O–H groups in total. The predicted octanol–water partition coefficient (Wildman–Crippen LogP) is 3.49. The average Bonchev–Trinajstić information content (AvgIpc) is 3.49. The van der Waals surface area contributed by atoms with E-state index < -0.39 is 6.09 Å². The molecule has 37 heavy (non-hydrogen) atoms. The van der Waals surface area contributed by atoms with Gasteiger partial charge in [0.25, 0.3) is 5.91 Å². The molecular formula is C26H32N8O3. The van der Waals surface area contributed by atoms with Crippen LogP contribution in [0.15, 0.2) is 24.3 Å². The topological polar surface area (TPSA) is 118 Å². The minimum Gasteiger partial charge on any atom is -0.443 e. The molecule has 2 aliphatic rings. The van der Waals surface area contributed by atoms with E-state index in [1.807, 2.05) is 50.1 Å². The van der Waals surface area contributed by atoms with Crippen LogP contribution in [0.3, 0.4) is 0 Å². The van der Waals surface area contributed by atoms with Gasteiger partial charge in [-0.15, -0.1) is 10.2 Å². The van der Waals surface area contributed by atoms with Crippen LogP contribution < -0.4 is 15.1 Å². The lowest BCUT2D eigenvalue weighted by Gasteiger charge is -2.23. The van der Waals surface area contributed by atoms with Crippen molar-refractivity contribution in [2.45, 2.75) is 65.3 Å². The highest BCUT2D eigenvalue weighted by Gasteiger charge is 2.34. The number of rotatable bonds is 6. The van der Waals surface area contributed by atoms with Crippen molar-refractivity contribution in [3.05, 3.63) is 46.9 Å². The van der Waals surface area contributed by atoms with E-state index in [1.54, 1.807) is 4.90 Å². The second kappa shape index (κ2) is 9.79. The summed E-state index contributed by atoms with van der Waals surface area (Å²) in [6.45, 7) is 6.50. The van der Waals surface area contributed by atoms with Crippen LogP contribution in [0.5, 0.6) is 0 Å². The number of aryl methyl sites for hydroxylation is 1. The van der Waals surface area contributed by atoms with E-state index in [0.717, 1.165) is 36.5 Å². The first-order valence-corrected chi connectivity index (χ1v) is 12.6. The monoisotopic (exact) mass is 504 g/mol. The van der Waals surface area contributed by atoms with Gasteiger partial charge in [-0.3, -0.25) is 9.69 Å². The van der Waals surface area contributed by atoms with Crippen LogP contribution in [0.25, 0.3) is 11.5 Å². The van der Waals surface area contributed by atoms with Gasteiger partial charge >= 0.3 is 6.09 Å². The Morgan fingerprint density at radius 2 is 2.08 bits per heavy atom. The molecule has 0 saturated carbocycles. The van der Waals surface area contributed by atoms with Gasteiger partial charge in [-0.2, -0.15) is 0 Å². The number of hydrogen-bond donors (Lipinski definition) is 1. The Hall–Kier alpha value is -4.02. The lowest BCUT2D eigenvalue weighted by molar-refractivity contribution is 0.0996. The highest BCUT2D eigenvalue weighted by atomic mass is 16.5. The summed E-state index contributed by atoms with van der Waals surface area (Å²) in [5.41, 5.74) is 2.50. The van der Waals surface area contributed by atoms with Crippen LogP contribution in [-0.2, 0) is 24.3 Å². The van der Waals surface area contributed by atoms with Gasteiger partial charge in [0, 0.05) is 38.2 Å². The van der Waals surface area contributed by atoms with E-state index in [0.29, 0.717) is 34.6 Å². The van der Waals surface area contributed by atoms with Crippen LogP contribution in [0, 0.1) is 0 Å². The Labute approximate surface area is 215 Å². The molecule has 0 radical (unpaired) electrons. The number of anilines is 2. The zero-order valence-corrected chi connectivity index (χ0v) is 21.9. The van der Waals surface area contributed by atoms with Gasteiger partial charge in [0.05, 0.1) is 17.8 Å². The van der Waals surface area contributed by atoms with Gasteiger partial charge in [-0.1, -0.05) is 6.07 Å². The summed E-state index contributed by atoms with van der Waals surface area (Å²) in [6.07, 6.45) is 2.51. The number of hydrogen-bond acceptors (Lipinski definition) is 8. The van der Waals surface area contributed by atoms with Crippen molar-refractivity contribution in [3.63, 3.8) is 0 Å². The lowest BCUT2D eigenvalue weighted by atomic mass is 10.1. The van der Waals surface area contributed by atoms with E-state index in [1.165, 1.54) is 7.05 Å². The molecule has 0 spiro atoms. The molecule has 0 saturated heterocycles. The quantitative estimate of drug-likeness (QED) is 0.542. The van der Waals surface area contributed by atoms with Gasteiger partial charge in [0.2, 0.25) is 0 Å². The fourth-order valence-corrected chi connectivity index (χ4v) is 4.82. The first kappa shape index (κ1) is 24.7. The Morgan fingerprint density at radius 1 is 1.27 bits per heavy atom. The lowest BCUT2D eigenvalue weighted by Crippen LogP contribution is -2.27. The van der Waals surface area contributed by atoms with E-state index in [-0.39, 0.29) is 25.1 Å². The molecule has 2 amide bonds. The second-order valence-electron chi connectivity index (χ2n) is 9.81. The van der Waals surface area contributed by atoms with Crippen molar-refractivity contribution < 1.29 is 14.3 Å². The molecule has 5 heterocycles. The van der Waals surface area contributed by atoms with Crippen LogP contribution in [-0.4, -0.2) is 56.9 Å². The fraction of sp³-hybridized carbons (Fsp3) is 0.462. The molecule has 194 valence electrons. The number of carbonyl (C=O) groups is 2. The third-order valence-electron chi connectivity index (χ3n) is 7.14. The maximum absolute atomic E-state index is 13.7. The van der Waals surface area contributed by atoms with Crippen molar-refractivity contribution in [1.29, 1.82) is 0 Å². The Morgan fingerprint density at radius 3 is 2.84 bits per heavy atom. The number of fused-ring (bicyclic) bond motifs is 2. The SMILES string of the molecule is CNC(=O)OCc1nc(N(C)C(C)C)cc2c1CN(c1cccc(-c3nnc4n3C(C)CCC4)n1)C2=O. The van der Waals surface area contributed by atoms with Gasteiger partial charge in [-0.05, 0) is 51.8 Å². The summed E-state index contributed by atoms with van der Waals surface area (Å²) in [6, 6.07) is 7.87. The van der Waals surface area contributed by atoms with Crippen molar-refractivity contribution in [2.75, 3.05) is 23.9 Å². The number of amides is 2. The number of nitrogens with zero attached hydrogens (tertiary/aromatic N) is 7. The highest BCUT2D eigenvalue weighted by Crippen LogP contribution is 2.34. The van der Waals surface area contributed by atoms with Gasteiger partial charge in [0.1, 0.15) is 29.8 Å². The van der Waals surface area contributed by atoms with Gasteiger partial charge in [0.15, 0.2) is 5.82 Å². The first-order valence-electron chi connectivity index (χ1n) is 12.6. The molecule has 2 aliphatic heterocycles. The molecule has 1 unspecified atom stereocenters. The molecule has 0 aliphatic carbocycles. The first-order chi connectivity index (χ1) is 17.8. The van der Waals surface area contributed by atoms with E-state index in [4.69, 9.17) is 14.7 Å². The molecule has 3 aromatic rings. The largest absolute Gasteiger partial charge is 0.443 e. The van der Waals surface area contributed by atoms with Crippen molar-refractivity contribution in [2.24, 2.45) is 0 Å². The zero-order valence-electron chi connectivity index (χ0n) is 21.9. The number of aromatic nitrogens is 5. The average molecular weight is 505 g/mol. The molecule has 5 rings (SSSR count). The molecule has 0 fully saturated rings. The molecule has 0 aromatic carbocycles. The second-order valence-corrected chi connectivity index (χ2v) is 9.81. The van der Waals surface area contributed by atoms with Crippen LogP contribution in [0.4, 0.5) is 16.4 Å². The standard InChI is InChI=1S/C26H32N8O3/c1-15(2)32(5)23-12-17-18(20(29-23)14-37-26(36)27-4)13-33(25(17)35)21-10-7-9-19(28-21)24-31-30-22-11-6-8-16(3)34(22)24/h7,9-10,12,15-16H,6,8,11,13-14H2,1-5H3,(H,27,36). The Kier molecular flexibility index (Phi) is 6.53. The summed E-state index contributed by atoms with van der Waals surface area (Å²) in [7, 11) is 3.42. The highest BCUT2D eigenvalue weighted by molar-refractivity contribution is 6.10. The van der Waals surface area contributed by atoms with E-state index in [2.05, 4.69) is 27.0 Å². The number of alkyl carbamates (subject to hydrolysis) is 1. The van der Waals surface area contributed by atoms with Crippen LogP contribution >= 0.6 is 0 Å². The number of pyridine rings is 2. The fourth-order valence-electron chi connectivity index (χ4n) is 4.82. The normalized spacial score (nSPS) is 16.5. The van der Waals surface area contributed by atoms with Crippen molar-refractivity contribution in [1.82, 2.24) is 30.0 Å². The maximum atomic E-state index is 13.7. The minimum absolute atomic E-state index is 0.0415. The molecule has 0 bridgehead atoms. The van der Waals surface area contributed by atoms with E-state index >= 15 is 0 Å². The number of ether oxygens (including phenoxy) is 1. The third kappa shape index (κ3) is 4.49. The summed E-state index contributed by atoms with van der Waals surface area (Å²) >= 11 is 0. The smallest absolute Gasteiger partial charge is 0.407 e. The Balaban J connectivity index is 1.50. The maximum Gasteiger partial charge on any atom is 0.407 e. The third-order valence-corrected chi connectivity index (χ3v) is 7.14. The minimum atomic E-state index is -0.556. The van der Waals surface area contributed by atoms with E-state index in [9.17, 15) is 9.59 Å². The predicted molar refractivity (Wildman–Crippen MR) is 138 cm³/mol. The molecule has 11 heteroatoms. The summed E-state index contributed by atoms with van der Waals surface area (Å²) in [5, 5.41) is 11.3. The molecule has 1 atom stereocenters. The van der Waals surface area contributed by atoms with Gasteiger partial charge < -0.3 is 19.5 Å². The van der Waals surface area contributed by atoms with Crippen molar-refractivity contribution >= 4 is 23.6 Å². The van der Waals surface area contributed by atoms with Crippen LogP contribution in [0.2, 0.25) is 0 Å². The molecular weight excluding hydrogens is 472 g/mol. The number of nitrogens with one attached hydrogen (secondary N) is 1.